The van der Waals surface area contributed by atoms with Crippen LogP contribution in [-0.4, -0.2) is 46.0 Å². The summed E-state index contributed by atoms with van der Waals surface area (Å²) < 4.78 is 0. The number of hydrogen-bond donors (Lipinski definition) is 0. The van der Waals surface area contributed by atoms with E-state index in [1.165, 1.54) is 61.3 Å². The van der Waals surface area contributed by atoms with Gasteiger partial charge in [-0.15, -0.1) is 0 Å². The van der Waals surface area contributed by atoms with Crippen molar-refractivity contribution in [3.63, 3.8) is 0 Å². The van der Waals surface area contributed by atoms with Crippen molar-refractivity contribution < 1.29 is 0 Å². The molecule has 0 aromatic rings. The third-order valence-corrected chi connectivity index (χ3v) is 5.40. The molecule has 2 nitrogen and oxygen atoms in total. The van der Waals surface area contributed by atoms with Gasteiger partial charge in [0, 0.05) is 26.2 Å². The van der Waals surface area contributed by atoms with Crippen LogP contribution in [0.3, 0.4) is 0 Å². The molecular formula is C18H34N2S2. The second-order valence-corrected chi connectivity index (χ2v) is 7.33. The summed E-state index contributed by atoms with van der Waals surface area (Å²) in [5.74, 6) is 0. The van der Waals surface area contributed by atoms with Gasteiger partial charge in [-0.1, -0.05) is 76.8 Å². The Bertz CT molecular complexity index is 291. The van der Waals surface area contributed by atoms with Crippen molar-refractivity contribution in [3.8, 4) is 0 Å². The predicted octanol–water partition coefficient (Wildman–Crippen LogP) is 5.20. The summed E-state index contributed by atoms with van der Waals surface area (Å²) in [6, 6.07) is 0. The van der Waals surface area contributed by atoms with E-state index < -0.39 is 0 Å². The second-order valence-electron chi connectivity index (χ2n) is 6.38. The number of unbranched alkanes of at least 4 members (excludes halogenated alkanes) is 6. The SMILES string of the molecule is CCCCCCC(=S)N1CCN(C(=S)CCCCCC)CC1. The zero-order valence-electron chi connectivity index (χ0n) is 14.6. The van der Waals surface area contributed by atoms with Crippen LogP contribution >= 0.6 is 24.4 Å². The highest BCUT2D eigenvalue weighted by Crippen LogP contribution is 2.12. The minimum absolute atomic E-state index is 1.06. The predicted molar refractivity (Wildman–Crippen MR) is 106 cm³/mol. The molecule has 0 N–H and O–H groups in total. The number of nitrogens with zero attached hydrogens (tertiary/aromatic N) is 2. The number of rotatable bonds is 10. The lowest BCUT2D eigenvalue weighted by Crippen LogP contribution is -2.49. The minimum atomic E-state index is 1.06. The van der Waals surface area contributed by atoms with Crippen LogP contribution in [-0.2, 0) is 0 Å². The molecule has 22 heavy (non-hydrogen) atoms. The van der Waals surface area contributed by atoms with E-state index in [2.05, 4.69) is 23.6 Å². The van der Waals surface area contributed by atoms with Gasteiger partial charge in [0.25, 0.3) is 0 Å². The van der Waals surface area contributed by atoms with Crippen molar-refractivity contribution in [2.45, 2.75) is 78.1 Å². The molecule has 4 heteroatoms. The molecule has 0 unspecified atom stereocenters. The molecule has 0 spiro atoms. The average molecular weight is 343 g/mol. The number of piperazine rings is 1. The highest BCUT2D eigenvalue weighted by molar-refractivity contribution is 7.80. The lowest BCUT2D eigenvalue weighted by Gasteiger charge is -2.37. The average Bonchev–Trinajstić information content (AvgIpc) is 2.55. The Balaban J connectivity index is 2.16. The van der Waals surface area contributed by atoms with Crippen LogP contribution in [0.1, 0.15) is 78.1 Å². The van der Waals surface area contributed by atoms with E-state index in [1.54, 1.807) is 0 Å². The van der Waals surface area contributed by atoms with Gasteiger partial charge in [-0.2, -0.15) is 0 Å². The van der Waals surface area contributed by atoms with E-state index >= 15 is 0 Å². The highest BCUT2D eigenvalue weighted by Gasteiger charge is 2.19. The molecule has 0 aromatic heterocycles. The summed E-state index contributed by atoms with van der Waals surface area (Å²) in [7, 11) is 0. The molecule has 1 aliphatic heterocycles. The fourth-order valence-electron chi connectivity index (χ4n) is 2.93. The highest BCUT2D eigenvalue weighted by atomic mass is 32.1. The molecule has 0 amide bonds. The fraction of sp³-hybridized carbons (Fsp3) is 0.889. The first kappa shape index (κ1) is 19.8. The monoisotopic (exact) mass is 342 g/mol. The summed E-state index contributed by atoms with van der Waals surface area (Å²) in [5, 5.41) is 0. The van der Waals surface area contributed by atoms with Gasteiger partial charge in [0.2, 0.25) is 0 Å². The second kappa shape index (κ2) is 12.2. The van der Waals surface area contributed by atoms with Crippen molar-refractivity contribution >= 4 is 34.4 Å². The first-order chi connectivity index (χ1) is 10.7. The summed E-state index contributed by atoms with van der Waals surface area (Å²) in [5.41, 5.74) is 0. The summed E-state index contributed by atoms with van der Waals surface area (Å²) in [6.07, 6.45) is 12.6. The van der Waals surface area contributed by atoms with Crippen LogP contribution < -0.4 is 0 Å². The van der Waals surface area contributed by atoms with Crippen molar-refractivity contribution in [1.82, 2.24) is 9.80 Å². The Morgan fingerprint density at radius 2 is 1.00 bits per heavy atom. The lowest BCUT2D eigenvalue weighted by molar-refractivity contribution is 0.258. The molecule has 0 radical (unpaired) electrons. The normalized spacial score (nSPS) is 15.2. The lowest BCUT2D eigenvalue weighted by atomic mass is 10.1. The van der Waals surface area contributed by atoms with Crippen molar-refractivity contribution in [3.05, 3.63) is 0 Å². The van der Waals surface area contributed by atoms with E-state index in [9.17, 15) is 0 Å². The summed E-state index contributed by atoms with van der Waals surface area (Å²) in [4.78, 5) is 7.14. The van der Waals surface area contributed by atoms with Crippen molar-refractivity contribution in [2.75, 3.05) is 26.2 Å². The Morgan fingerprint density at radius 1 is 0.636 bits per heavy atom. The quantitative estimate of drug-likeness (QED) is 0.397. The zero-order chi connectivity index (χ0) is 16.2. The summed E-state index contributed by atoms with van der Waals surface area (Å²) >= 11 is 11.2. The molecule has 1 saturated heterocycles. The van der Waals surface area contributed by atoms with Crippen LogP contribution in [0.2, 0.25) is 0 Å². The van der Waals surface area contributed by atoms with Crippen molar-refractivity contribution in [1.29, 1.82) is 0 Å². The maximum Gasteiger partial charge on any atom is 0.0780 e. The van der Waals surface area contributed by atoms with Gasteiger partial charge in [0.15, 0.2) is 0 Å². The molecule has 0 aromatic carbocycles. The van der Waals surface area contributed by atoms with Gasteiger partial charge in [0.1, 0.15) is 0 Å². The molecule has 1 fully saturated rings. The van der Waals surface area contributed by atoms with Crippen LogP contribution in [0.5, 0.6) is 0 Å². The van der Waals surface area contributed by atoms with Crippen LogP contribution in [0, 0.1) is 0 Å². The first-order valence-corrected chi connectivity index (χ1v) is 10.1. The molecule has 1 aliphatic rings. The van der Waals surface area contributed by atoms with Crippen molar-refractivity contribution in [2.24, 2.45) is 0 Å². The van der Waals surface area contributed by atoms with Gasteiger partial charge < -0.3 is 9.80 Å². The first-order valence-electron chi connectivity index (χ1n) is 9.24. The van der Waals surface area contributed by atoms with Crippen LogP contribution in [0.4, 0.5) is 0 Å². The molecule has 0 saturated carbocycles. The van der Waals surface area contributed by atoms with E-state index in [4.69, 9.17) is 24.4 Å². The standard InChI is InChI=1S/C18H34N2S2/c1-3-5-7-9-11-17(21)19-13-15-20(16-14-19)18(22)12-10-8-6-4-2/h3-16H2,1-2H3. The number of hydrogen-bond acceptors (Lipinski definition) is 2. The Labute approximate surface area is 148 Å². The van der Waals surface area contributed by atoms with Gasteiger partial charge in [-0.05, 0) is 25.7 Å². The molecule has 0 atom stereocenters. The third-order valence-electron chi connectivity index (χ3n) is 4.47. The maximum atomic E-state index is 5.60. The van der Waals surface area contributed by atoms with Gasteiger partial charge in [0.05, 0.1) is 9.98 Å². The topological polar surface area (TPSA) is 6.48 Å². The third kappa shape index (κ3) is 7.87. The molecular weight excluding hydrogens is 308 g/mol. The van der Waals surface area contributed by atoms with Gasteiger partial charge in [-0.25, -0.2) is 0 Å². The molecule has 1 heterocycles. The van der Waals surface area contributed by atoms with E-state index in [-0.39, 0.29) is 0 Å². The largest absolute Gasteiger partial charge is 0.363 e. The molecule has 0 bridgehead atoms. The Kier molecular flexibility index (Phi) is 11.0. The Morgan fingerprint density at radius 3 is 1.32 bits per heavy atom. The Hall–Kier alpha value is -0.220. The van der Waals surface area contributed by atoms with Gasteiger partial charge in [-0.3, -0.25) is 0 Å². The molecule has 0 aliphatic carbocycles. The van der Waals surface area contributed by atoms with E-state index in [0.717, 1.165) is 39.0 Å². The smallest absolute Gasteiger partial charge is 0.0780 e. The van der Waals surface area contributed by atoms with Crippen LogP contribution in [0.25, 0.3) is 0 Å². The van der Waals surface area contributed by atoms with E-state index in [0.29, 0.717) is 0 Å². The minimum Gasteiger partial charge on any atom is -0.363 e. The maximum absolute atomic E-state index is 5.60. The summed E-state index contributed by atoms with van der Waals surface area (Å²) in [6.45, 7) is 8.73. The molecule has 1 rings (SSSR count). The fourth-order valence-corrected chi connectivity index (χ4v) is 3.58. The van der Waals surface area contributed by atoms with Crippen LogP contribution in [0.15, 0.2) is 0 Å². The number of thiocarbonyl (C=S) groups is 2. The van der Waals surface area contributed by atoms with Gasteiger partial charge >= 0.3 is 0 Å². The molecule has 128 valence electrons. The van der Waals surface area contributed by atoms with E-state index in [1.807, 2.05) is 0 Å². The zero-order valence-corrected chi connectivity index (χ0v) is 16.2.